The van der Waals surface area contributed by atoms with Crippen LogP contribution in [0, 0.1) is 11.6 Å². The smallest absolute Gasteiger partial charge is 0.126 e. The molecule has 3 N–H and O–H groups in total. The molecule has 0 saturated carbocycles. The molecule has 0 radical (unpaired) electrons. The van der Waals surface area contributed by atoms with Crippen molar-refractivity contribution in [1.82, 2.24) is 5.43 Å². The van der Waals surface area contributed by atoms with Crippen molar-refractivity contribution in [3.63, 3.8) is 0 Å². The molecule has 1 unspecified atom stereocenters. The monoisotopic (exact) mass is 282 g/mol. The quantitative estimate of drug-likeness (QED) is 0.666. The lowest BCUT2D eigenvalue weighted by atomic mass is 9.99. The van der Waals surface area contributed by atoms with Crippen molar-refractivity contribution in [2.24, 2.45) is 5.84 Å². The number of hydrazine groups is 1. The zero-order valence-electron chi connectivity index (χ0n) is 10.0. The van der Waals surface area contributed by atoms with E-state index in [4.69, 9.17) is 17.4 Å². The van der Waals surface area contributed by atoms with Crippen LogP contribution in [0.4, 0.5) is 8.78 Å². The Morgan fingerprint density at radius 1 is 1.16 bits per heavy atom. The van der Waals surface area contributed by atoms with Gasteiger partial charge < -0.3 is 0 Å². The van der Waals surface area contributed by atoms with Crippen LogP contribution in [-0.2, 0) is 6.42 Å². The summed E-state index contributed by atoms with van der Waals surface area (Å²) in [6.07, 6.45) is 0.284. The molecule has 100 valence electrons. The lowest BCUT2D eigenvalue weighted by molar-refractivity contribution is 0.525. The minimum atomic E-state index is -0.385. The van der Waals surface area contributed by atoms with E-state index in [-0.39, 0.29) is 24.1 Å². The molecule has 2 aromatic carbocycles. The second-order valence-corrected chi connectivity index (χ2v) is 4.65. The van der Waals surface area contributed by atoms with Crippen LogP contribution >= 0.6 is 11.6 Å². The zero-order valence-corrected chi connectivity index (χ0v) is 10.8. The molecule has 0 heterocycles. The minimum absolute atomic E-state index is 0.284. The predicted molar refractivity (Wildman–Crippen MR) is 71.6 cm³/mol. The van der Waals surface area contributed by atoms with Crippen LogP contribution in [0.15, 0.2) is 42.5 Å². The first-order valence-electron chi connectivity index (χ1n) is 5.75. The van der Waals surface area contributed by atoms with Gasteiger partial charge in [-0.1, -0.05) is 23.7 Å². The maximum Gasteiger partial charge on any atom is 0.126 e. The normalized spacial score (nSPS) is 12.4. The van der Waals surface area contributed by atoms with Crippen molar-refractivity contribution in [3.8, 4) is 0 Å². The summed E-state index contributed by atoms with van der Waals surface area (Å²) in [7, 11) is 0. The fraction of sp³-hybridized carbons (Fsp3) is 0.143. The van der Waals surface area contributed by atoms with Gasteiger partial charge in [-0.05, 0) is 47.9 Å². The van der Waals surface area contributed by atoms with Crippen LogP contribution in [0.3, 0.4) is 0 Å². The van der Waals surface area contributed by atoms with Gasteiger partial charge in [-0.15, -0.1) is 0 Å². The van der Waals surface area contributed by atoms with E-state index in [1.165, 1.54) is 24.3 Å². The highest BCUT2D eigenvalue weighted by Crippen LogP contribution is 2.22. The summed E-state index contributed by atoms with van der Waals surface area (Å²) in [5, 5.41) is 0.450. The molecule has 1 atom stereocenters. The summed E-state index contributed by atoms with van der Waals surface area (Å²) < 4.78 is 26.8. The Balaban J connectivity index is 2.26. The second-order valence-electron chi connectivity index (χ2n) is 4.21. The maximum atomic E-state index is 13.7. The van der Waals surface area contributed by atoms with E-state index in [1.54, 1.807) is 18.2 Å². The summed E-state index contributed by atoms with van der Waals surface area (Å²) >= 11 is 5.84. The Bertz CT molecular complexity index is 575. The van der Waals surface area contributed by atoms with Crippen LogP contribution in [0.25, 0.3) is 0 Å². The summed E-state index contributed by atoms with van der Waals surface area (Å²) in [6, 6.07) is 9.97. The number of rotatable bonds is 4. The summed E-state index contributed by atoms with van der Waals surface area (Å²) in [5.41, 5.74) is 3.65. The minimum Gasteiger partial charge on any atom is -0.271 e. The molecule has 2 nitrogen and oxygen atoms in total. The Labute approximate surface area is 115 Å². The zero-order chi connectivity index (χ0) is 13.8. The Morgan fingerprint density at radius 2 is 1.95 bits per heavy atom. The van der Waals surface area contributed by atoms with Gasteiger partial charge in [0.15, 0.2) is 0 Å². The molecule has 0 amide bonds. The van der Waals surface area contributed by atoms with E-state index in [1.807, 2.05) is 0 Å². The van der Waals surface area contributed by atoms with Crippen LogP contribution in [0.1, 0.15) is 17.2 Å². The highest BCUT2D eigenvalue weighted by Gasteiger charge is 2.14. The second kappa shape index (κ2) is 6.10. The Kier molecular flexibility index (Phi) is 4.47. The first kappa shape index (κ1) is 13.9. The fourth-order valence-electron chi connectivity index (χ4n) is 1.92. The largest absolute Gasteiger partial charge is 0.271 e. The SMILES string of the molecule is NNC(Cc1cc(Cl)ccc1F)c1cccc(F)c1. The van der Waals surface area contributed by atoms with Gasteiger partial charge in [0.1, 0.15) is 11.6 Å². The molecule has 2 rings (SSSR count). The fourth-order valence-corrected chi connectivity index (χ4v) is 2.11. The van der Waals surface area contributed by atoms with Crippen molar-refractivity contribution < 1.29 is 8.78 Å². The molecule has 0 spiro atoms. The van der Waals surface area contributed by atoms with Gasteiger partial charge in [0.25, 0.3) is 0 Å². The molecule has 19 heavy (non-hydrogen) atoms. The number of nitrogens with two attached hydrogens (primary N) is 1. The molecule has 0 saturated heterocycles. The highest BCUT2D eigenvalue weighted by atomic mass is 35.5. The third kappa shape index (κ3) is 3.50. The van der Waals surface area contributed by atoms with Crippen LogP contribution in [0.2, 0.25) is 5.02 Å². The molecule has 2 aromatic rings. The maximum absolute atomic E-state index is 13.7. The van der Waals surface area contributed by atoms with E-state index in [0.717, 1.165) is 0 Å². The van der Waals surface area contributed by atoms with E-state index in [0.29, 0.717) is 16.1 Å². The summed E-state index contributed by atoms with van der Waals surface area (Å²) in [5.74, 6) is 4.75. The number of nitrogens with one attached hydrogen (secondary N) is 1. The first-order valence-corrected chi connectivity index (χ1v) is 6.13. The molecule has 0 bridgehead atoms. The average Bonchev–Trinajstić information content (AvgIpc) is 2.39. The number of hydrogen-bond acceptors (Lipinski definition) is 2. The third-order valence-corrected chi connectivity index (χ3v) is 3.12. The van der Waals surface area contributed by atoms with Gasteiger partial charge >= 0.3 is 0 Å². The number of benzene rings is 2. The number of halogens is 3. The summed E-state index contributed by atoms with van der Waals surface area (Å²) in [6.45, 7) is 0. The van der Waals surface area contributed by atoms with Crippen molar-refractivity contribution in [1.29, 1.82) is 0 Å². The van der Waals surface area contributed by atoms with Gasteiger partial charge in [0.05, 0.1) is 6.04 Å². The van der Waals surface area contributed by atoms with Gasteiger partial charge in [-0.25, -0.2) is 8.78 Å². The topological polar surface area (TPSA) is 38.0 Å². The Hall–Kier alpha value is -1.49. The van der Waals surface area contributed by atoms with Crippen molar-refractivity contribution in [3.05, 3.63) is 70.2 Å². The predicted octanol–water partition coefficient (Wildman–Crippen LogP) is 3.37. The van der Waals surface area contributed by atoms with Gasteiger partial charge in [0, 0.05) is 5.02 Å². The van der Waals surface area contributed by atoms with Crippen LogP contribution < -0.4 is 11.3 Å². The number of hydrogen-bond donors (Lipinski definition) is 2. The summed E-state index contributed by atoms with van der Waals surface area (Å²) in [4.78, 5) is 0. The molecular formula is C14H13ClF2N2. The molecule has 0 aliphatic heterocycles. The molecular weight excluding hydrogens is 270 g/mol. The first-order chi connectivity index (χ1) is 9.10. The van der Waals surface area contributed by atoms with Crippen LogP contribution in [-0.4, -0.2) is 0 Å². The molecule has 0 fully saturated rings. The standard InChI is InChI=1S/C14H13ClF2N2/c15-11-4-5-13(17)10(6-11)8-14(19-18)9-2-1-3-12(16)7-9/h1-7,14,19H,8,18H2. The molecule has 5 heteroatoms. The highest BCUT2D eigenvalue weighted by molar-refractivity contribution is 6.30. The van der Waals surface area contributed by atoms with Gasteiger partial charge in [-0.2, -0.15) is 0 Å². The van der Waals surface area contributed by atoms with E-state index in [9.17, 15) is 8.78 Å². The van der Waals surface area contributed by atoms with Crippen molar-refractivity contribution >= 4 is 11.6 Å². The van der Waals surface area contributed by atoms with E-state index >= 15 is 0 Å². The van der Waals surface area contributed by atoms with Crippen molar-refractivity contribution in [2.45, 2.75) is 12.5 Å². The van der Waals surface area contributed by atoms with Gasteiger partial charge in [0.2, 0.25) is 0 Å². The lowest BCUT2D eigenvalue weighted by Crippen LogP contribution is -2.29. The molecule has 0 aliphatic rings. The van der Waals surface area contributed by atoms with Crippen molar-refractivity contribution in [2.75, 3.05) is 0 Å². The third-order valence-electron chi connectivity index (χ3n) is 2.88. The Morgan fingerprint density at radius 3 is 2.63 bits per heavy atom. The van der Waals surface area contributed by atoms with E-state index < -0.39 is 0 Å². The average molecular weight is 283 g/mol. The molecule has 0 aromatic heterocycles. The van der Waals surface area contributed by atoms with Crippen LogP contribution in [0.5, 0.6) is 0 Å². The molecule has 0 aliphatic carbocycles. The lowest BCUT2D eigenvalue weighted by Gasteiger charge is -2.17. The van der Waals surface area contributed by atoms with E-state index in [2.05, 4.69) is 5.43 Å². The van der Waals surface area contributed by atoms with Gasteiger partial charge in [-0.3, -0.25) is 11.3 Å².